The number of nitrogens with zero attached hydrogens (tertiary/aromatic N) is 5. The van der Waals surface area contributed by atoms with Gasteiger partial charge in [0.05, 0.1) is 56.2 Å². The van der Waals surface area contributed by atoms with Crippen LogP contribution in [0.25, 0.3) is 106 Å². The van der Waals surface area contributed by atoms with Crippen molar-refractivity contribution in [1.82, 2.24) is 24.5 Å². The second-order valence-corrected chi connectivity index (χ2v) is 17.2. The molecule has 0 atom stereocenters. The van der Waals surface area contributed by atoms with E-state index >= 15 is 13.2 Å². The molecule has 0 spiro atoms. The van der Waals surface area contributed by atoms with E-state index in [-0.39, 0.29) is 62.6 Å². The molecule has 11 aromatic rings. The maximum atomic E-state index is 15.8. The Morgan fingerprint density at radius 2 is 0.671 bits per heavy atom. The van der Waals surface area contributed by atoms with Crippen molar-refractivity contribution < 1.29 is 39.5 Å². The summed E-state index contributed by atoms with van der Waals surface area (Å²) in [6, 6.07) is 53.9. The van der Waals surface area contributed by atoms with Gasteiger partial charge in [-0.3, -0.25) is 0 Å². The van der Waals surface area contributed by atoms with Crippen molar-refractivity contribution in [3.05, 3.63) is 223 Å². The van der Waals surface area contributed by atoms with Crippen molar-refractivity contribution in [1.29, 1.82) is 0 Å². The molecule has 358 valence electrons. The van der Waals surface area contributed by atoms with E-state index in [1.807, 2.05) is 36.4 Å². The fourth-order valence-electron chi connectivity index (χ4n) is 9.06. The lowest BCUT2D eigenvalue weighted by atomic mass is 9.95. The number of rotatable bonds is 8. The predicted molar refractivity (Wildman–Crippen MR) is 265 cm³/mol. The largest absolute Gasteiger partial charge is 0.416 e. The summed E-state index contributed by atoms with van der Waals surface area (Å²) in [6.45, 7) is 0. The van der Waals surface area contributed by atoms with Gasteiger partial charge >= 0.3 is 18.5 Å². The number of aromatic nitrogens is 5. The van der Waals surface area contributed by atoms with E-state index in [0.717, 1.165) is 12.1 Å². The van der Waals surface area contributed by atoms with E-state index in [0.29, 0.717) is 62.1 Å². The Hall–Kier alpha value is -8.91. The molecule has 0 saturated heterocycles. The van der Waals surface area contributed by atoms with Crippen LogP contribution in [0.2, 0.25) is 0 Å². The molecule has 0 fully saturated rings. The van der Waals surface area contributed by atoms with Crippen LogP contribution < -0.4 is 0 Å². The summed E-state index contributed by atoms with van der Waals surface area (Å²) in [6.07, 6.45) is -15.2. The lowest BCUT2D eigenvalue weighted by Gasteiger charge is -2.22. The van der Waals surface area contributed by atoms with E-state index in [9.17, 15) is 26.3 Å². The zero-order valence-corrected chi connectivity index (χ0v) is 37.8. The minimum atomic E-state index is -5.14. The molecule has 0 saturated carbocycles. The molecule has 0 radical (unpaired) electrons. The number of hydrogen-bond acceptors (Lipinski definition) is 4. The van der Waals surface area contributed by atoms with Gasteiger partial charge < -0.3 is 4.57 Å². The third kappa shape index (κ3) is 9.07. The lowest BCUT2D eigenvalue weighted by molar-refractivity contribution is -0.143. The Morgan fingerprint density at radius 1 is 0.288 bits per heavy atom. The first kappa shape index (κ1) is 46.5. The maximum Gasteiger partial charge on any atom is 0.416 e. The first-order valence-electron chi connectivity index (χ1n) is 22.7. The van der Waals surface area contributed by atoms with E-state index < -0.39 is 35.2 Å². The molecule has 3 heterocycles. The molecule has 0 N–H and O–H groups in total. The zero-order valence-electron chi connectivity index (χ0n) is 37.8. The fraction of sp³-hybridized carbons (Fsp3) is 0.0508. The molecule has 0 bridgehead atoms. The molecule has 0 aliphatic rings. The summed E-state index contributed by atoms with van der Waals surface area (Å²) in [5.74, 6) is 0.382. The van der Waals surface area contributed by atoms with Crippen LogP contribution >= 0.6 is 0 Å². The zero-order chi connectivity index (χ0) is 50.6. The third-order valence-corrected chi connectivity index (χ3v) is 12.5. The van der Waals surface area contributed by atoms with Gasteiger partial charge in [-0.25, -0.2) is 19.9 Å². The van der Waals surface area contributed by atoms with Crippen LogP contribution in [0.3, 0.4) is 0 Å². The number of para-hydroxylation sites is 1. The summed E-state index contributed by atoms with van der Waals surface area (Å²) in [7, 11) is 0. The van der Waals surface area contributed by atoms with Crippen molar-refractivity contribution in [3.8, 4) is 84.6 Å². The maximum absolute atomic E-state index is 15.8. The minimum absolute atomic E-state index is 0.0253. The number of halogens is 9. The Kier molecular flexibility index (Phi) is 11.5. The van der Waals surface area contributed by atoms with Gasteiger partial charge in [0.1, 0.15) is 0 Å². The molecule has 0 aliphatic carbocycles. The number of hydrogen-bond donors (Lipinski definition) is 0. The monoisotopic (exact) mass is 983 g/mol. The van der Waals surface area contributed by atoms with Crippen molar-refractivity contribution >= 4 is 21.8 Å². The SMILES string of the molecule is FC(F)(F)c1cc(-c2ccc3c4ccccc4n(-c4c(-c5cc(-c6ccccc6)nc(-c6ccccc6)n5)cc(C(F)(F)F)cc4-c4cc(-c5ccccc5)nc(-c5ccccc5)n4)c3c2)cc(C(F)(F)F)c1. The van der Waals surface area contributed by atoms with Crippen LogP contribution in [0.4, 0.5) is 39.5 Å². The molecule has 0 aliphatic heterocycles. The topological polar surface area (TPSA) is 56.5 Å². The summed E-state index contributed by atoms with van der Waals surface area (Å²) < 4.78 is 135. The Morgan fingerprint density at radius 3 is 1.12 bits per heavy atom. The van der Waals surface area contributed by atoms with E-state index in [1.54, 1.807) is 132 Å². The molecule has 14 heteroatoms. The van der Waals surface area contributed by atoms with Crippen LogP contribution in [0, 0.1) is 0 Å². The Bertz CT molecular complexity index is 3560. The van der Waals surface area contributed by atoms with Gasteiger partial charge in [-0.15, -0.1) is 0 Å². The fourth-order valence-corrected chi connectivity index (χ4v) is 9.06. The third-order valence-electron chi connectivity index (χ3n) is 12.5. The highest BCUT2D eigenvalue weighted by Gasteiger charge is 2.38. The average Bonchev–Trinajstić information content (AvgIpc) is 3.73. The van der Waals surface area contributed by atoms with Crippen LogP contribution in [-0.4, -0.2) is 24.5 Å². The average molecular weight is 984 g/mol. The van der Waals surface area contributed by atoms with E-state index in [2.05, 4.69) is 0 Å². The predicted octanol–water partition coefficient (Wildman–Crippen LogP) is 17.1. The molecule has 73 heavy (non-hydrogen) atoms. The van der Waals surface area contributed by atoms with Crippen molar-refractivity contribution in [2.45, 2.75) is 18.5 Å². The molecular weight excluding hydrogens is 950 g/mol. The van der Waals surface area contributed by atoms with E-state index in [1.165, 1.54) is 12.1 Å². The molecule has 3 aromatic heterocycles. The van der Waals surface area contributed by atoms with Crippen molar-refractivity contribution in [2.24, 2.45) is 0 Å². The Balaban J connectivity index is 1.31. The van der Waals surface area contributed by atoms with Crippen LogP contribution in [0.5, 0.6) is 0 Å². The highest BCUT2D eigenvalue weighted by atomic mass is 19.4. The highest BCUT2D eigenvalue weighted by molar-refractivity contribution is 6.11. The minimum Gasteiger partial charge on any atom is -0.308 e. The standard InChI is InChI=1S/C59H34F9N5/c60-57(61,62)41-27-40(28-42(30-41)58(63,64)65)39-25-26-45-44-23-13-14-24-52(44)73(53(45)29-39)54-46(50-33-48(35-15-5-1-6-16-35)69-55(71-50)37-19-9-3-10-20-37)31-43(59(66,67)68)32-47(54)51-34-49(36-17-7-2-8-18-36)70-56(72-51)38-21-11-4-12-22-38/h1-34H. The van der Waals surface area contributed by atoms with Crippen LogP contribution in [-0.2, 0) is 18.5 Å². The molecule has 11 rings (SSSR count). The quantitative estimate of drug-likeness (QED) is 0.142. The Labute approximate surface area is 410 Å². The van der Waals surface area contributed by atoms with Gasteiger partial charge in [0.15, 0.2) is 11.6 Å². The number of alkyl halides is 9. The number of fused-ring (bicyclic) bond motifs is 3. The molecule has 5 nitrogen and oxygen atoms in total. The van der Waals surface area contributed by atoms with Gasteiger partial charge in [-0.2, -0.15) is 39.5 Å². The first-order valence-corrected chi connectivity index (χ1v) is 22.7. The summed E-state index contributed by atoms with van der Waals surface area (Å²) in [5.41, 5.74) is -0.518. The van der Waals surface area contributed by atoms with Crippen molar-refractivity contribution in [2.75, 3.05) is 0 Å². The summed E-state index contributed by atoms with van der Waals surface area (Å²) >= 11 is 0. The second-order valence-electron chi connectivity index (χ2n) is 17.2. The smallest absolute Gasteiger partial charge is 0.308 e. The van der Waals surface area contributed by atoms with Gasteiger partial charge in [0.25, 0.3) is 0 Å². The first-order chi connectivity index (χ1) is 35.1. The second kappa shape index (κ2) is 18.0. The van der Waals surface area contributed by atoms with Crippen LogP contribution in [0.15, 0.2) is 206 Å². The molecule has 8 aromatic carbocycles. The summed E-state index contributed by atoms with van der Waals surface area (Å²) in [4.78, 5) is 19.8. The number of benzene rings is 8. The van der Waals surface area contributed by atoms with Crippen LogP contribution in [0.1, 0.15) is 16.7 Å². The lowest BCUT2D eigenvalue weighted by Crippen LogP contribution is -2.11. The molecule has 0 unspecified atom stereocenters. The van der Waals surface area contributed by atoms with E-state index in [4.69, 9.17) is 19.9 Å². The summed E-state index contributed by atoms with van der Waals surface area (Å²) in [5, 5.41) is 1.07. The van der Waals surface area contributed by atoms with Gasteiger partial charge in [-0.05, 0) is 65.7 Å². The van der Waals surface area contributed by atoms with Crippen molar-refractivity contribution in [3.63, 3.8) is 0 Å². The van der Waals surface area contributed by atoms with Gasteiger partial charge in [-0.1, -0.05) is 152 Å². The normalized spacial score (nSPS) is 12.2. The molecule has 0 amide bonds. The highest BCUT2D eigenvalue weighted by Crippen LogP contribution is 2.47. The van der Waals surface area contributed by atoms with Gasteiger partial charge in [0.2, 0.25) is 0 Å². The molecular formula is C59H34F9N5. The van der Waals surface area contributed by atoms with Gasteiger partial charge in [0, 0.05) is 44.2 Å².